The van der Waals surface area contributed by atoms with Gasteiger partial charge >= 0.3 is 0 Å². The van der Waals surface area contributed by atoms with E-state index >= 15 is 0 Å². The summed E-state index contributed by atoms with van der Waals surface area (Å²) in [5.74, 6) is 5.46. The highest BCUT2D eigenvalue weighted by molar-refractivity contribution is 7.59. The van der Waals surface area contributed by atoms with Crippen LogP contribution in [0.1, 0.15) is 105 Å². The number of aliphatic hydroxyl groups excluding tert-OH is 1. The molecule has 8 atom stereocenters. The first kappa shape index (κ1) is 23.7. The zero-order valence-corrected chi connectivity index (χ0v) is 20.6. The van der Waals surface area contributed by atoms with Gasteiger partial charge in [0.2, 0.25) is 0 Å². The van der Waals surface area contributed by atoms with E-state index in [9.17, 15) is 5.11 Å². The molecule has 166 valence electrons. The summed E-state index contributed by atoms with van der Waals surface area (Å²) in [5.41, 5.74) is 2.60. The second-order valence-corrected chi connectivity index (χ2v) is 12.2. The van der Waals surface area contributed by atoms with Gasteiger partial charge in [0.1, 0.15) is 0 Å². The molecule has 1 nitrogen and oxygen atoms in total. The van der Waals surface area contributed by atoms with E-state index in [1.165, 1.54) is 57.8 Å². The largest absolute Gasteiger partial charge is 0.393 e. The van der Waals surface area contributed by atoms with Crippen molar-refractivity contribution in [3.63, 3.8) is 0 Å². The van der Waals surface area contributed by atoms with Crippen LogP contribution < -0.4 is 0 Å². The highest BCUT2D eigenvalue weighted by atomic mass is 32.1. The monoisotopic (exact) mass is 418 g/mol. The molecule has 3 fully saturated rings. The summed E-state index contributed by atoms with van der Waals surface area (Å²) in [6.45, 7) is 12.6. The predicted molar refractivity (Wildman–Crippen MR) is 127 cm³/mol. The molecule has 0 spiro atoms. The molecule has 0 aromatic carbocycles. The van der Waals surface area contributed by atoms with Crippen LogP contribution in [-0.4, -0.2) is 11.2 Å². The normalized spacial score (nSPS) is 44.9. The first-order chi connectivity index (χ1) is 13.3. The molecule has 3 saturated carbocycles. The summed E-state index contributed by atoms with van der Waals surface area (Å²) < 4.78 is 0. The van der Waals surface area contributed by atoms with E-state index in [4.69, 9.17) is 0 Å². The zero-order chi connectivity index (χ0) is 20.1. The van der Waals surface area contributed by atoms with Gasteiger partial charge in [-0.25, -0.2) is 0 Å². The third-order valence-corrected chi connectivity index (χ3v) is 10.3. The van der Waals surface area contributed by atoms with Crippen LogP contribution in [0, 0.1) is 46.3 Å². The molecule has 4 aliphatic carbocycles. The van der Waals surface area contributed by atoms with Crippen LogP contribution in [0.2, 0.25) is 0 Å². The third-order valence-electron chi connectivity index (χ3n) is 10.3. The van der Waals surface area contributed by atoms with Gasteiger partial charge in [0.25, 0.3) is 0 Å². The fourth-order valence-corrected chi connectivity index (χ4v) is 8.67. The van der Waals surface area contributed by atoms with E-state index in [0.29, 0.717) is 10.8 Å². The Labute approximate surface area is 188 Å². The van der Waals surface area contributed by atoms with E-state index in [0.717, 1.165) is 48.3 Å². The van der Waals surface area contributed by atoms with Gasteiger partial charge in [-0.05, 0) is 97.7 Å². The summed E-state index contributed by atoms with van der Waals surface area (Å²) in [5, 5.41) is 10.2. The maximum atomic E-state index is 10.2. The molecule has 4 aliphatic rings. The molecule has 0 aliphatic heterocycles. The maximum absolute atomic E-state index is 10.2. The lowest BCUT2D eigenvalue weighted by Crippen LogP contribution is -2.50. The number of hydrogen-bond donors (Lipinski definition) is 1. The average molecular weight is 419 g/mol. The van der Waals surface area contributed by atoms with Gasteiger partial charge in [0.05, 0.1) is 6.10 Å². The van der Waals surface area contributed by atoms with Crippen LogP contribution in [-0.2, 0) is 0 Å². The lowest BCUT2D eigenvalue weighted by molar-refractivity contribution is -0.0573. The first-order valence-electron chi connectivity index (χ1n) is 12.6. The van der Waals surface area contributed by atoms with E-state index in [1.54, 1.807) is 5.57 Å². The van der Waals surface area contributed by atoms with Crippen LogP contribution in [0.3, 0.4) is 0 Å². The maximum Gasteiger partial charge on any atom is 0.0577 e. The van der Waals surface area contributed by atoms with Crippen molar-refractivity contribution in [1.82, 2.24) is 0 Å². The van der Waals surface area contributed by atoms with Gasteiger partial charge in [0, 0.05) is 13.5 Å². The molecule has 2 heteroatoms. The Morgan fingerprint density at radius 3 is 2.48 bits per heavy atom. The fourth-order valence-electron chi connectivity index (χ4n) is 8.67. The Morgan fingerprint density at radius 2 is 1.76 bits per heavy atom. The van der Waals surface area contributed by atoms with Crippen molar-refractivity contribution in [1.29, 1.82) is 0 Å². The highest BCUT2D eigenvalue weighted by Gasteiger charge is 2.59. The minimum atomic E-state index is -0.0766. The van der Waals surface area contributed by atoms with Crippen LogP contribution in [0.25, 0.3) is 0 Å². The summed E-state index contributed by atoms with van der Waals surface area (Å²) in [6.07, 6.45) is 17.2. The topological polar surface area (TPSA) is 20.2 Å². The smallest absolute Gasteiger partial charge is 0.0577 e. The lowest BCUT2D eigenvalue weighted by Gasteiger charge is -2.58. The molecule has 0 saturated heterocycles. The van der Waals surface area contributed by atoms with Gasteiger partial charge in [-0.1, -0.05) is 65.5 Å². The van der Waals surface area contributed by atoms with Crippen molar-refractivity contribution < 1.29 is 5.11 Å². The van der Waals surface area contributed by atoms with Gasteiger partial charge in [-0.15, -0.1) is 0 Å². The van der Waals surface area contributed by atoms with Gasteiger partial charge in [0.15, 0.2) is 0 Å². The van der Waals surface area contributed by atoms with E-state index < -0.39 is 0 Å². The Morgan fingerprint density at radius 1 is 1.00 bits per heavy atom. The fraction of sp³-hybridized carbons (Fsp3) is 0.926. The Hall–Kier alpha value is 0.0500. The molecular formula is C27H46OS. The number of allylic oxidation sites excluding steroid dienone is 1. The predicted octanol–water partition coefficient (Wildman–Crippen LogP) is 8.04. The summed E-state index contributed by atoms with van der Waals surface area (Å²) in [7, 11) is 0. The molecule has 1 N–H and O–H groups in total. The Kier molecular flexibility index (Phi) is 7.27. The Balaban J connectivity index is 0.00000240. The second-order valence-electron chi connectivity index (χ2n) is 12.2. The van der Waals surface area contributed by atoms with Crippen molar-refractivity contribution in [2.75, 3.05) is 0 Å². The van der Waals surface area contributed by atoms with Crippen molar-refractivity contribution in [2.45, 2.75) is 111 Å². The summed E-state index contributed by atoms with van der Waals surface area (Å²) >= 11 is 0. The molecular weight excluding hydrogens is 372 g/mol. The van der Waals surface area contributed by atoms with Gasteiger partial charge in [-0.3, -0.25) is 0 Å². The van der Waals surface area contributed by atoms with E-state index in [1.807, 2.05) is 0 Å². The van der Waals surface area contributed by atoms with Crippen molar-refractivity contribution in [3.05, 3.63) is 11.6 Å². The lowest BCUT2D eigenvalue weighted by atomic mass is 9.47. The highest BCUT2D eigenvalue weighted by Crippen LogP contribution is 2.67. The molecule has 4 rings (SSSR count). The molecule has 0 heterocycles. The van der Waals surface area contributed by atoms with Crippen LogP contribution in [0.15, 0.2) is 11.6 Å². The molecule has 0 unspecified atom stereocenters. The third kappa shape index (κ3) is 4.11. The molecule has 29 heavy (non-hydrogen) atoms. The Bertz CT molecular complexity index is 597. The van der Waals surface area contributed by atoms with Crippen LogP contribution >= 0.6 is 13.5 Å². The van der Waals surface area contributed by atoms with Crippen LogP contribution in [0.4, 0.5) is 0 Å². The molecule has 0 aromatic heterocycles. The standard InChI is InChI=1S/C27H46O.S/c1-18(2)7-6-8-19(3)23-11-12-24-22-10-9-20-17-21(28)13-15-26(20,4)25(22)14-16-27(23,24)5;/h9,18-19,21-25,28H,6-8,10-17H2,1-5H3;/t19-,21+,22+,23-,24+,25+,26+,27-;/m1./s1. The number of hydrogen-bond acceptors (Lipinski definition) is 1. The number of rotatable bonds is 5. The quantitative estimate of drug-likeness (QED) is 0.448. The summed E-state index contributed by atoms with van der Waals surface area (Å²) in [4.78, 5) is 0. The average Bonchev–Trinajstić information content (AvgIpc) is 2.99. The van der Waals surface area contributed by atoms with Gasteiger partial charge < -0.3 is 5.11 Å². The second kappa shape index (κ2) is 8.89. The minimum Gasteiger partial charge on any atom is -0.393 e. The SMILES string of the molecule is CC(C)CCC[C@@H](C)[C@H]1CC[C@H]2[C@@H]3CC=C4C[C@@H](O)CC[C@]4(C)[C@H]3CC[C@]12C.[S]. The first-order valence-corrected chi connectivity index (χ1v) is 12.6. The molecule has 0 bridgehead atoms. The summed E-state index contributed by atoms with van der Waals surface area (Å²) in [6, 6.07) is 0. The number of aliphatic hydroxyl groups is 1. The molecule has 0 amide bonds. The van der Waals surface area contributed by atoms with E-state index in [2.05, 4.69) is 40.7 Å². The minimum absolute atomic E-state index is 0. The zero-order valence-electron chi connectivity index (χ0n) is 19.8. The van der Waals surface area contributed by atoms with Crippen molar-refractivity contribution in [2.24, 2.45) is 46.3 Å². The van der Waals surface area contributed by atoms with Gasteiger partial charge in [-0.2, -0.15) is 0 Å². The van der Waals surface area contributed by atoms with Crippen molar-refractivity contribution in [3.8, 4) is 0 Å². The van der Waals surface area contributed by atoms with Crippen LogP contribution in [0.5, 0.6) is 0 Å². The molecule has 0 aromatic rings. The van der Waals surface area contributed by atoms with Crippen molar-refractivity contribution >= 4 is 13.5 Å². The van der Waals surface area contributed by atoms with E-state index in [-0.39, 0.29) is 19.6 Å². The number of fused-ring (bicyclic) bond motifs is 5. The molecule has 2 radical (unpaired) electrons.